The van der Waals surface area contributed by atoms with E-state index in [9.17, 15) is 9.90 Å². The summed E-state index contributed by atoms with van der Waals surface area (Å²) in [6.07, 6.45) is 5.08. The molecule has 2 aromatic rings. The topological polar surface area (TPSA) is 65.1 Å². The van der Waals surface area contributed by atoms with Crippen LogP contribution in [0, 0.1) is 0 Å². The molecule has 0 atom stereocenters. The molecule has 0 radical (unpaired) electrons. The molecule has 114 valence electrons. The summed E-state index contributed by atoms with van der Waals surface area (Å²) in [7, 11) is 0. The summed E-state index contributed by atoms with van der Waals surface area (Å²) in [5, 5.41) is 14.4. The summed E-state index contributed by atoms with van der Waals surface area (Å²) in [6.45, 7) is 4.39. The fourth-order valence-corrected chi connectivity index (χ4v) is 2.77. The number of aromatic nitrogens is 1. The molecule has 0 fully saturated rings. The first kappa shape index (κ1) is 15.6. The van der Waals surface area contributed by atoms with Crippen molar-refractivity contribution >= 4 is 16.8 Å². The van der Waals surface area contributed by atoms with Gasteiger partial charge in [0.2, 0.25) is 0 Å². The molecule has 1 heterocycles. The first-order valence-electron chi connectivity index (χ1n) is 7.65. The molecule has 2 rings (SSSR count). The minimum atomic E-state index is -0.794. The maximum atomic E-state index is 12.2. The van der Waals surface area contributed by atoms with Gasteiger partial charge in [0.25, 0.3) is 5.91 Å². The quantitative estimate of drug-likeness (QED) is 0.732. The van der Waals surface area contributed by atoms with Gasteiger partial charge in [-0.1, -0.05) is 26.7 Å². The predicted molar refractivity (Wildman–Crippen MR) is 85.4 cm³/mol. The molecule has 1 aromatic heterocycles. The van der Waals surface area contributed by atoms with Gasteiger partial charge in [-0.3, -0.25) is 4.79 Å². The van der Waals surface area contributed by atoms with E-state index in [1.54, 1.807) is 6.07 Å². The molecule has 0 unspecified atom stereocenters. The summed E-state index contributed by atoms with van der Waals surface area (Å²) in [5.41, 5.74) is 0.842. The highest BCUT2D eigenvalue weighted by atomic mass is 16.3. The predicted octanol–water partition coefficient (Wildman–Crippen LogP) is 3.23. The van der Waals surface area contributed by atoms with Crippen molar-refractivity contribution in [3.8, 4) is 0 Å². The van der Waals surface area contributed by atoms with Gasteiger partial charge in [-0.2, -0.15) is 0 Å². The Hall–Kier alpha value is -1.81. The van der Waals surface area contributed by atoms with E-state index in [2.05, 4.69) is 10.3 Å². The molecular weight excluding hydrogens is 264 g/mol. The monoisotopic (exact) mass is 288 g/mol. The van der Waals surface area contributed by atoms with Crippen molar-refractivity contribution in [2.45, 2.75) is 45.1 Å². The van der Waals surface area contributed by atoms with Crippen molar-refractivity contribution < 1.29 is 9.90 Å². The molecule has 0 bridgehead atoms. The van der Waals surface area contributed by atoms with Crippen molar-refractivity contribution in [1.82, 2.24) is 10.3 Å². The second kappa shape index (κ2) is 6.76. The number of hydrogen-bond donors (Lipinski definition) is 3. The van der Waals surface area contributed by atoms with Crippen molar-refractivity contribution in [2.75, 3.05) is 6.54 Å². The van der Waals surface area contributed by atoms with E-state index in [-0.39, 0.29) is 5.91 Å². The lowest BCUT2D eigenvalue weighted by atomic mass is 9.92. The van der Waals surface area contributed by atoms with Gasteiger partial charge >= 0.3 is 0 Å². The lowest BCUT2D eigenvalue weighted by Gasteiger charge is -2.27. The molecule has 0 aliphatic rings. The summed E-state index contributed by atoms with van der Waals surface area (Å²) in [6, 6.07) is 7.50. The highest BCUT2D eigenvalue weighted by Crippen LogP contribution is 2.19. The minimum absolute atomic E-state index is 0.135. The number of aromatic amines is 1. The van der Waals surface area contributed by atoms with E-state index in [1.165, 1.54) is 0 Å². The largest absolute Gasteiger partial charge is 0.388 e. The molecule has 1 amide bonds. The zero-order chi connectivity index (χ0) is 15.3. The molecule has 1 aromatic carbocycles. The van der Waals surface area contributed by atoms with Crippen molar-refractivity contribution in [3.05, 3.63) is 36.0 Å². The van der Waals surface area contributed by atoms with Gasteiger partial charge in [0.15, 0.2) is 0 Å². The number of hydrogen-bond acceptors (Lipinski definition) is 2. The number of nitrogens with one attached hydrogen (secondary N) is 2. The number of benzene rings is 1. The maximum Gasteiger partial charge on any atom is 0.251 e. The Kier molecular flexibility index (Phi) is 5.02. The van der Waals surface area contributed by atoms with Gasteiger partial charge in [0, 0.05) is 29.2 Å². The van der Waals surface area contributed by atoms with Crippen LogP contribution in [0.3, 0.4) is 0 Å². The SMILES string of the molecule is CCCC(O)(CCC)CNC(=O)c1ccc2[nH]ccc2c1. The number of rotatable bonds is 7. The van der Waals surface area contributed by atoms with E-state index in [4.69, 9.17) is 0 Å². The number of carbonyl (C=O) groups excluding carboxylic acids is 1. The molecule has 0 spiro atoms. The zero-order valence-electron chi connectivity index (χ0n) is 12.8. The van der Waals surface area contributed by atoms with Crippen LogP contribution in [0.4, 0.5) is 0 Å². The number of aliphatic hydroxyl groups is 1. The van der Waals surface area contributed by atoms with E-state index in [1.807, 2.05) is 38.2 Å². The van der Waals surface area contributed by atoms with Crippen molar-refractivity contribution in [2.24, 2.45) is 0 Å². The van der Waals surface area contributed by atoms with Crippen LogP contribution in [0.1, 0.15) is 49.9 Å². The van der Waals surface area contributed by atoms with Gasteiger partial charge in [-0.15, -0.1) is 0 Å². The molecular formula is C17H24N2O2. The average Bonchev–Trinajstić information content (AvgIpc) is 2.92. The van der Waals surface area contributed by atoms with Gasteiger partial charge < -0.3 is 15.4 Å². The number of carbonyl (C=O) groups is 1. The second-order valence-electron chi connectivity index (χ2n) is 5.69. The first-order valence-corrected chi connectivity index (χ1v) is 7.65. The highest BCUT2D eigenvalue weighted by molar-refractivity contribution is 5.98. The number of H-pyrrole nitrogens is 1. The van der Waals surface area contributed by atoms with Gasteiger partial charge in [0.1, 0.15) is 0 Å². The molecule has 0 saturated heterocycles. The molecule has 0 aliphatic heterocycles. The van der Waals surface area contributed by atoms with Crippen LogP contribution < -0.4 is 5.32 Å². The standard InChI is InChI=1S/C17H24N2O2/c1-3-8-17(21,9-4-2)12-19-16(20)14-5-6-15-13(11-14)7-10-18-15/h5-7,10-11,18,21H,3-4,8-9,12H2,1-2H3,(H,19,20). The van der Waals surface area contributed by atoms with Gasteiger partial charge in [-0.05, 0) is 37.1 Å². The Morgan fingerprint density at radius 3 is 2.62 bits per heavy atom. The number of fused-ring (bicyclic) bond motifs is 1. The van der Waals surface area contributed by atoms with Crippen LogP contribution in [0.5, 0.6) is 0 Å². The third-order valence-electron chi connectivity index (χ3n) is 3.82. The van der Waals surface area contributed by atoms with E-state index in [0.717, 1.165) is 23.7 Å². The summed E-state index contributed by atoms with van der Waals surface area (Å²) < 4.78 is 0. The van der Waals surface area contributed by atoms with Crippen LogP contribution in [0.15, 0.2) is 30.5 Å². The summed E-state index contributed by atoms with van der Waals surface area (Å²) in [5.74, 6) is -0.135. The lowest BCUT2D eigenvalue weighted by molar-refractivity contribution is 0.0213. The number of amides is 1. The normalized spacial score (nSPS) is 11.8. The second-order valence-corrected chi connectivity index (χ2v) is 5.69. The third-order valence-corrected chi connectivity index (χ3v) is 3.82. The smallest absolute Gasteiger partial charge is 0.251 e. The van der Waals surface area contributed by atoms with E-state index < -0.39 is 5.60 Å². The third kappa shape index (κ3) is 3.85. The van der Waals surface area contributed by atoms with Crippen LogP contribution in [-0.4, -0.2) is 28.1 Å². The first-order chi connectivity index (χ1) is 10.1. The van der Waals surface area contributed by atoms with Crippen LogP contribution in [-0.2, 0) is 0 Å². The van der Waals surface area contributed by atoms with Crippen LogP contribution in [0.25, 0.3) is 10.9 Å². The maximum absolute atomic E-state index is 12.2. The Balaban J connectivity index is 2.02. The van der Waals surface area contributed by atoms with Crippen molar-refractivity contribution in [1.29, 1.82) is 0 Å². The highest BCUT2D eigenvalue weighted by Gasteiger charge is 2.25. The Morgan fingerprint density at radius 2 is 1.95 bits per heavy atom. The van der Waals surface area contributed by atoms with Crippen LogP contribution in [0.2, 0.25) is 0 Å². The molecule has 3 N–H and O–H groups in total. The van der Waals surface area contributed by atoms with E-state index in [0.29, 0.717) is 24.9 Å². The molecule has 0 aliphatic carbocycles. The molecule has 21 heavy (non-hydrogen) atoms. The molecule has 4 heteroatoms. The Bertz CT molecular complexity index is 598. The fourth-order valence-electron chi connectivity index (χ4n) is 2.77. The molecule has 4 nitrogen and oxygen atoms in total. The average molecular weight is 288 g/mol. The Morgan fingerprint density at radius 1 is 1.24 bits per heavy atom. The van der Waals surface area contributed by atoms with Gasteiger partial charge in [0.05, 0.1) is 5.60 Å². The van der Waals surface area contributed by atoms with Gasteiger partial charge in [-0.25, -0.2) is 0 Å². The lowest BCUT2D eigenvalue weighted by Crippen LogP contribution is -2.42. The van der Waals surface area contributed by atoms with E-state index >= 15 is 0 Å². The summed E-state index contributed by atoms with van der Waals surface area (Å²) >= 11 is 0. The van der Waals surface area contributed by atoms with Crippen molar-refractivity contribution in [3.63, 3.8) is 0 Å². The molecule has 0 saturated carbocycles. The fraction of sp³-hybridized carbons (Fsp3) is 0.471. The zero-order valence-corrected chi connectivity index (χ0v) is 12.8. The van der Waals surface area contributed by atoms with Crippen LogP contribution >= 0.6 is 0 Å². The summed E-state index contributed by atoms with van der Waals surface area (Å²) in [4.78, 5) is 15.3. The minimum Gasteiger partial charge on any atom is -0.388 e. The Labute approximate surface area is 125 Å².